The van der Waals surface area contributed by atoms with Crippen LogP contribution in [0.25, 0.3) is 5.57 Å². The molecule has 1 aliphatic carbocycles. The molecule has 1 aromatic rings. The molecule has 2 N–H and O–H groups in total. The third kappa shape index (κ3) is 3.63. The Morgan fingerprint density at radius 2 is 2.00 bits per heavy atom. The van der Waals surface area contributed by atoms with E-state index in [1.807, 2.05) is 18.2 Å². The number of hydrogen-bond donors (Lipinski definition) is 2. The summed E-state index contributed by atoms with van der Waals surface area (Å²) < 4.78 is 0. The lowest BCUT2D eigenvalue weighted by Crippen LogP contribution is -2.50. The van der Waals surface area contributed by atoms with Gasteiger partial charge in [0.25, 0.3) is 5.91 Å². The minimum Gasteiger partial charge on any atom is -0.339 e. The lowest BCUT2D eigenvalue weighted by molar-refractivity contribution is -0.132. The van der Waals surface area contributed by atoms with Gasteiger partial charge in [-0.15, -0.1) is 0 Å². The molecular weight excluding hydrogens is 401 g/mol. The minimum atomic E-state index is -0.913. The number of halogens is 2. The number of nitrogens with zero attached hydrogens (tertiary/aromatic N) is 1. The summed E-state index contributed by atoms with van der Waals surface area (Å²) in [6, 6.07) is 5.08. The van der Waals surface area contributed by atoms with Crippen molar-refractivity contribution in [1.82, 2.24) is 15.5 Å². The van der Waals surface area contributed by atoms with Crippen LogP contribution in [-0.4, -0.2) is 41.4 Å². The summed E-state index contributed by atoms with van der Waals surface area (Å²) in [5.41, 5.74) is 1.24. The van der Waals surface area contributed by atoms with E-state index in [1.165, 1.54) is 0 Å². The predicted octanol–water partition coefficient (Wildman–Crippen LogP) is 3.38. The molecule has 0 aromatic heterocycles. The highest BCUT2D eigenvalue weighted by Gasteiger charge is 2.55. The van der Waals surface area contributed by atoms with Crippen LogP contribution in [0.4, 0.5) is 4.79 Å². The van der Waals surface area contributed by atoms with Gasteiger partial charge in [0.15, 0.2) is 0 Å². The van der Waals surface area contributed by atoms with Crippen molar-refractivity contribution in [2.24, 2.45) is 5.92 Å². The van der Waals surface area contributed by atoms with E-state index in [0.717, 1.165) is 30.4 Å². The molecule has 2 heterocycles. The molecule has 0 spiro atoms. The maximum atomic E-state index is 12.7. The van der Waals surface area contributed by atoms with Crippen LogP contribution in [0, 0.1) is 5.92 Å². The van der Waals surface area contributed by atoms with Crippen molar-refractivity contribution in [2.75, 3.05) is 13.1 Å². The van der Waals surface area contributed by atoms with Crippen molar-refractivity contribution >= 4 is 46.6 Å². The van der Waals surface area contributed by atoms with E-state index in [1.54, 1.807) is 11.0 Å². The summed E-state index contributed by atoms with van der Waals surface area (Å²) in [4.78, 5) is 38.4. The highest BCUT2D eigenvalue weighted by Crippen LogP contribution is 2.43. The van der Waals surface area contributed by atoms with Gasteiger partial charge in [0.05, 0.1) is 10.0 Å². The zero-order valence-electron chi connectivity index (χ0n) is 15.3. The molecule has 4 rings (SSSR count). The second-order valence-electron chi connectivity index (χ2n) is 7.60. The molecule has 1 atom stereocenters. The van der Waals surface area contributed by atoms with E-state index >= 15 is 0 Å². The first-order valence-corrected chi connectivity index (χ1v) is 10.2. The van der Waals surface area contributed by atoms with E-state index in [-0.39, 0.29) is 24.2 Å². The van der Waals surface area contributed by atoms with Gasteiger partial charge in [-0.3, -0.25) is 14.9 Å². The van der Waals surface area contributed by atoms with E-state index in [9.17, 15) is 14.4 Å². The second kappa shape index (κ2) is 7.41. The first kappa shape index (κ1) is 19.3. The standard InChI is InChI=1S/C20H21Cl2N3O3/c21-15-4-1-13(11-16(15)22)12-6-9-25(10-7-12)17(26)5-8-20(14-2-3-14)18(27)23-19(28)24-20/h1,4,6,11,14H,2-3,5,7-10H2,(H2,23,24,27,28). The van der Waals surface area contributed by atoms with E-state index in [2.05, 4.69) is 10.6 Å². The fourth-order valence-electron chi connectivity index (χ4n) is 4.06. The molecule has 28 heavy (non-hydrogen) atoms. The van der Waals surface area contributed by atoms with Gasteiger partial charge in [-0.25, -0.2) is 4.79 Å². The Morgan fingerprint density at radius 1 is 1.21 bits per heavy atom. The van der Waals surface area contributed by atoms with Crippen molar-refractivity contribution in [2.45, 2.75) is 37.6 Å². The molecule has 0 radical (unpaired) electrons. The Morgan fingerprint density at radius 3 is 2.57 bits per heavy atom. The zero-order valence-corrected chi connectivity index (χ0v) is 16.8. The maximum Gasteiger partial charge on any atom is 0.322 e. The third-order valence-electron chi connectivity index (χ3n) is 5.83. The van der Waals surface area contributed by atoms with Crippen LogP contribution >= 0.6 is 23.2 Å². The monoisotopic (exact) mass is 421 g/mol. The van der Waals surface area contributed by atoms with Crippen molar-refractivity contribution in [3.05, 3.63) is 39.9 Å². The number of rotatable bonds is 5. The topological polar surface area (TPSA) is 78.5 Å². The summed E-state index contributed by atoms with van der Waals surface area (Å²) in [6.07, 6.45) is 5.15. The third-order valence-corrected chi connectivity index (χ3v) is 6.57. The van der Waals surface area contributed by atoms with Gasteiger partial charge >= 0.3 is 6.03 Å². The number of hydrogen-bond acceptors (Lipinski definition) is 3. The number of imide groups is 1. The summed E-state index contributed by atoms with van der Waals surface area (Å²) in [5.74, 6) is -0.166. The van der Waals surface area contributed by atoms with Gasteiger partial charge in [0, 0.05) is 19.5 Å². The number of carbonyl (C=O) groups is 3. The molecule has 6 nitrogen and oxygen atoms in total. The summed E-state index contributed by atoms with van der Waals surface area (Å²) in [7, 11) is 0. The fraction of sp³-hybridized carbons (Fsp3) is 0.450. The molecule has 2 aliphatic heterocycles. The van der Waals surface area contributed by atoms with Gasteiger partial charge < -0.3 is 10.2 Å². The quantitative estimate of drug-likeness (QED) is 0.715. The second-order valence-corrected chi connectivity index (χ2v) is 8.42. The Labute approximate surface area is 173 Å². The van der Waals surface area contributed by atoms with Crippen LogP contribution < -0.4 is 10.6 Å². The predicted molar refractivity (Wildman–Crippen MR) is 107 cm³/mol. The molecular formula is C20H21Cl2N3O3. The van der Waals surface area contributed by atoms with Gasteiger partial charge in [0.2, 0.25) is 5.91 Å². The smallest absolute Gasteiger partial charge is 0.322 e. The van der Waals surface area contributed by atoms with Crippen LogP contribution in [0.1, 0.15) is 37.7 Å². The van der Waals surface area contributed by atoms with Crippen LogP contribution in [0.15, 0.2) is 24.3 Å². The average molecular weight is 422 g/mol. The largest absolute Gasteiger partial charge is 0.339 e. The molecule has 3 aliphatic rings. The van der Waals surface area contributed by atoms with Crippen molar-refractivity contribution in [3.63, 3.8) is 0 Å². The van der Waals surface area contributed by atoms with Crippen LogP contribution in [0.3, 0.4) is 0 Å². The van der Waals surface area contributed by atoms with Crippen LogP contribution in [0.2, 0.25) is 10.0 Å². The van der Waals surface area contributed by atoms with Crippen molar-refractivity contribution < 1.29 is 14.4 Å². The van der Waals surface area contributed by atoms with E-state index in [4.69, 9.17) is 23.2 Å². The number of carbonyl (C=O) groups excluding carboxylic acids is 3. The van der Waals surface area contributed by atoms with Gasteiger partial charge in [-0.2, -0.15) is 0 Å². The Balaban J connectivity index is 1.37. The highest BCUT2D eigenvalue weighted by molar-refractivity contribution is 6.42. The summed E-state index contributed by atoms with van der Waals surface area (Å²) >= 11 is 12.1. The molecule has 1 saturated carbocycles. The molecule has 1 aromatic carbocycles. The number of amides is 4. The Bertz CT molecular complexity index is 881. The highest BCUT2D eigenvalue weighted by atomic mass is 35.5. The minimum absolute atomic E-state index is 0.00147. The van der Waals surface area contributed by atoms with Gasteiger partial charge in [0.1, 0.15) is 5.54 Å². The molecule has 4 amide bonds. The van der Waals surface area contributed by atoms with Crippen molar-refractivity contribution in [1.29, 1.82) is 0 Å². The lowest BCUT2D eigenvalue weighted by atomic mass is 9.87. The SMILES string of the molecule is O=C1NC(=O)C(CCC(=O)N2CC=C(c3ccc(Cl)c(Cl)c3)CC2)(C2CC2)N1. The first-order chi connectivity index (χ1) is 13.4. The number of urea groups is 1. The zero-order chi connectivity index (χ0) is 19.9. The maximum absolute atomic E-state index is 12.7. The fourth-order valence-corrected chi connectivity index (χ4v) is 4.36. The molecule has 1 unspecified atom stereocenters. The Hall–Kier alpha value is -2.05. The molecule has 0 bridgehead atoms. The molecule has 148 valence electrons. The van der Waals surface area contributed by atoms with E-state index < -0.39 is 11.6 Å². The van der Waals surface area contributed by atoms with Crippen LogP contribution in [-0.2, 0) is 9.59 Å². The lowest BCUT2D eigenvalue weighted by Gasteiger charge is -2.30. The first-order valence-electron chi connectivity index (χ1n) is 9.45. The summed E-state index contributed by atoms with van der Waals surface area (Å²) in [6.45, 7) is 1.13. The van der Waals surface area contributed by atoms with Gasteiger partial charge in [-0.05, 0) is 54.9 Å². The van der Waals surface area contributed by atoms with Crippen LogP contribution in [0.5, 0.6) is 0 Å². The van der Waals surface area contributed by atoms with E-state index in [0.29, 0.717) is 29.6 Å². The molecule has 2 fully saturated rings. The van der Waals surface area contributed by atoms with Crippen molar-refractivity contribution in [3.8, 4) is 0 Å². The molecule has 8 heteroatoms. The average Bonchev–Trinajstić information content (AvgIpc) is 3.48. The summed E-state index contributed by atoms with van der Waals surface area (Å²) in [5, 5.41) is 6.13. The number of nitrogens with one attached hydrogen (secondary N) is 2. The van der Waals surface area contributed by atoms with Gasteiger partial charge in [-0.1, -0.05) is 35.3 Å². The number of benzene rings is 1. The Kier molecular flexibility index (Phi) is 5.10. The normalized spacial score (nSPS) is 24.6. The molecule has 1 saturated heterocycles.